The van der Waals surface area contributed by atoms with E-state index in [2.05, 4.69) is 35.8 Å². The quantitative estimate of drug-likeness (QED) is 0.265. The Bertz CT molecular complexity index is 1520. The van der Waals surface area contributed by atoms with Crippen LogP contribution in [0, 0.1) is 0 Å². The van der Waals surface area contributed by atoms with Gasteiger partial charge >= 0.3 is 0 Å². The van der Waals surface area contributed by atoms with E-state index in [9.17, 15) is 4.79 Å². The molecule has 0 aliphatic rings. The third kappa shape index (κ3) is 4.34. The molecule has 0 aliphatic heterocycles. The predicted octanol–water partition coefficient (Wildman–Crippen LogP) is 2.97. The van der Waals surface area contributed by atoms with E-state index < -0.39 is 5.91 Å². The lowest BCUT2D eigenvalue weighted by Crippen LogP contribution is -2.21. The van der Waals surface area contributed by atoms with Crippen LogP contribution in [0.4, 0.5) is 5.82 Å². The molecule has 0 bridgehead atoms. The van der Waals surface area contributed by atoms with Crippen molar-refractivity contribution in [2.45, 2.75) is 19.8 Å². The first kappa shape index (κ1) is 22.7. The standard InChI is InChI=1S/C24H22N10O2/c1-15(2)21-20(27-32-34(21)23-22(25)30-36-31-23)24(35)28-26-13-17-14-33(18-11-7-4-8-12-18)29-19(17)16-9-5-3-6-10-16/h3-15H,1-2H3,(H2,25,30)(H,28,35)/b26-13+. The minimum atomic E-state index is -0.534. The molecule has 180 valence electrons. The van der Waals surface area contributed by atoms with Gasteiger partial charge in [0.15, 0.2) is 5.69 Å². The van der Waals surface area contributed by atoms with Gasteiger partial charge in [-0.2, -0.15) is 14.9 Å². The third-order valence-corrected chi connectivity index (χ3v) is 5.34. The van der Waals surface area contributed by atoms with Crippen LogP contribution in [0.15, 0.2) is 76.6 Å². The fourth-order valence-electron chi connectivity index (χ4n) is 3.69. The van der Waals surface area contributed by atoms with Crippen molar-refractivity contribution in [3.63, 3.8) is 0 Å². The SMILES string of the molecule is CC(C)c1c(C(=O)N/N=C/c2cn(-c3ccccc3)nc2-c2ccccc2)nnn1-c1nonc1N. The highest BCUT2D eigenvalue weighted by atomic mass is 16.6. The van der Waals surface area contributed by atoms with Crippen LogP contribution in [-0.4, -0.2) is 47.2 Å². The van der Waals surface area contributed by atoms with Gasteiger partial charge < -0.3 is 5.73 Å². The van der Waals surface area contributed by atoms with E-state index in [1.807, 2.05) is 80.7 Å². The number of hydrogen-bond acceptors (Lipinski definition) is 9. The number of nitrogens with two attached hydrogens (primary N) is 1. The van der Waals surface area contributed by atoms with Gasteiger partial charge in [0.25, 0.3) is 5.91 Å². The summed E-state index contributed by atoms with van der Waals surface area (Å²) in [6.07, 6.45) is 3.40. The van der Waals surface area contributed by atoms with Crippen molar-refractivity contribution in [3.05, 3.63) is 83.8 Å². The van der Waals surface area contributed by atoms with Gasteiger partial charge in [-0.15, -0.1) is 5.10 Å². The average molecular weight is 483 g/mol. The molecule has 0 aliphatic carbocycles. The van der Waals surface area contributed by atoms with Gasteiger partial charge in [-0.1, -0.05) is 67.6 Å². The molecule has 2 aromatic carbocycles. The molecule has 1 amide bonds. The number of anilines is 1. The molecule has 0 radical (unpaired) electrons. The van der Waals surface area contributed by atoms with Crippen LogP contribution in [0.2, 0.25) is 0 Å². The number of aromatic nitrogens is 7. The number of carbonyl (C=O) groups is 1. The maximum Gasteiger partial charge on any atom is 0.293 e. The predicted molar refractivity (Wildman–Crippen MR) is 132 cm³/mol. The summed E-state index contributed by atoms with van der Waals surface area (Å²) in [5.41, 5.74) is 12.2. The van der Waals surface area contributed by atoms with Crippen LogP contribution >= 0.6 is 0 Å². The van der Waals surface area contributed by atoms with Crippen molar-refractivity contribution < 1.29 is 9.42 Å². The lowest BCUT2D eigenvalue weighted by Gasteiger charge is -2.08. The second-order valence-corrected chi connectivity index (χ2v) is 8.14. The second kappa shape index (κ2) is 9.62. The van der Waals surface area contributed by atoms with E-state index in [1.54, 1.807) is 10.9 Å². The Morgan fingerprint density at radius 3 is 2.47 bits per heavy atom. The number of carbonyl (C=O) groups excluding carboxylic acids is 1. The molecule has 36 heavy (non-hydrogen) atoms. The van der Waals surface area contributed by atoms with Gasteiger partial charge in [-0.05, 0) is 28.4 Å². The molecule has 0 saturated heterocycles. The maximum absolute atomic E-state index is 13.0. The minimum absolute atomic E-state index is 0.0376. The van der Waals surface area contributed by atoms with E-state index in [-0.39, 0.29) is 23.2 Å². The number of nitrogens with one attached hydrogen (secondary N) is 1. The van der Waals surface area contributed by atoms with Crippen LogP contribution in [0.3, 0.4) is 0 Å². The zero-order valence-electron chi connectivity index (χ0n) is 19.5. The largest absolute Gasteiger partial charge is 0.378 e. The van der Waals surface area contributed by atoms with E-state index in [4.69, 9.17) is 10.8 Å². The number of rotatable bonds is 7. The molecule has 0 spiro atoms. The first-order chi connectivity index (χ1) is 17.5. The van der Waals surface area contributed by atoms with E-state index in [0.717, 1.165) is 22.5 Å². The highest BCUT2D eigenvalue weighted by molar-refractivity contribution is 5.95. The molecule has 3 heterocycles. The number of hydrogen-bond donors (Lipinski definition) is 2. The molecule has 0 atom stereocenters. The number of hydrazone groups is 1. The summed E-state index contributed by atoms with van der Waals surface area (Å²) in [6, 6.07) is 19.5. The third-order valence-electron chi connectivity index (χ3n) is 5.34. The molecule has 5 rings (SSSR count). The van der Waals surface area contributed by atoms with Crippen molar-refractivity contribution in [3.8, 4) is 22.8 Å². The van der Waals surface area contributed by atoms with Gasteiger partial charge in [-0.3, -0.25) is 4.79 Å². The fraction of sp³-hybridized carbons (Fsp3) is 0.125. The van der Waals surface area contributed by atoms with Crippen molar-refractivity contribution in [1.82, 2.24) is 40.5 Å². The zero-order valence-corrected chi connectivity index (χ0v) is 19.5. The molecule has 5 aromatic rings. The van der Waals surface area contributed by atoms with Gasteiger partial charge in [0.1, 0.15) is 5.69 Å². The number of amides is 1. The number of para-hydroxylation sites is 1. The Morgan fingerprint density at radius 1 is 1.08 bits per heavy atom. The van der Waals surface area contributed by atoms with Crippen molar-refractivity contribution in [2.24, 2.45) is 5.10 Å². The highest BCUT2D eigenvalue weighted by Gasteiger charge is 2.25. The van der Waals surface area contributed by atoms with Crippen LogP contribution in [0.5, 0.6) is 0 Å². The molecule has 0 unspecified atom stereocenters. The van der Waals surface area contributed by atoms with E-state index in [0.29, 0.717) is 5.69 Å². The fourth-order valence-corrected chi connectivity index (χ4v) is 3.69. The topological polar surface area (TPSA) is 155 Å². The maximum atomic E-state index is 13.0. The van der Waals surface area contributed by atoms with Crippen molar-refractivity contribution in [2.75, 3.05) is 5.73 Å². The molecule has 12 nitrogen and oxygen atoms in total. The van der Waals surface area contributed by atoms with Crippen molar-refractivity contribution >= 4 is 17.9 Å². The molecule has 0 fully saturated rings. The lowest BCUT2D eigenvalue weighted by molar-refractivity contribution is 0.0948. The summed E-state index contributed by atoms with van der Waals surface area (Å²) in [5, 5.41) is 24.3. The summed E-state index contributed by atoms with van der Waals surface area (Å²) in [6.45, 7) is 3.78. The molecule has 0 saturated carbocycles. The first-order valence-corrected chi connectivity index (χ1v) is 11.1. The molecular formula is C24H22N10O2. The normalized spacial score (nSPS) is 11.4. The summed E-state index contributed by atoms with van der Waals surface area (Å²) in [7, 11) is 0. The first-order valence-electron chi connectivity index (χ1n) is 11.1. The number of benzene rings is 2. The Balaban J connectivity index is 1.43. The Labute approximate surface area is 205 Å². The van der Waals surface area contributed by atoms with Gasteiger partial charge in [0.05, 0.1) is 17.6 Å². The second-order valence-electron chi connectivity index (χ2n) is 8.14. The molecule has 3 aromatic heterocycles. The summed E-state index contributed by atoms with van der Waals surface area (Å²) < 4.78 is 7.76. The molecule has 3 N–H and O–H groups in total. The van der Waals surface area contributed by atoms with Crippen LogP contribution < -0.4 is 11.2 Å². The van der Waals surface area contributed by atoms with Gasteiger partial charge in [-0.25, -0.2) is 14.7 Å². The number of nitrogens with zero attached hydrogens (tertiary/aromatic N) is 8. The summed E-state index contributed by atoms with van der Waals surface area (Å²) >= 11 is 0. The minimum Gasteiger partial charge on any atom is -0.378 e. The van der Waals surface area contributed by atoms with E-state index in [1.165, 1.54) is 4.68 Å². The summed E-state index contributed by atoms with van der Waals surface area (Å²) in [5.74, 6) is -0.465. The lowest BCUT2D eigenvalue weighted by atomic mass is 10.1. The monoisotopic (exact) mass is 482 g/mol. The molecule has 12 heteroatoms. The van der Waals surface area contributed by atoms with Gasteiger partial charge in [0.2, 0.25) is 11.6 Å². The van der Waals surface area contributed by atoms with Crippen LogP contribution in [0.25, 0.3) is 22.8 Å². The summed E-state index contributed by atoms with van der Waals surface area (Å²) in [4.78, 5) is 13.0. The average Bonchev–Trinajstić information content (AvgIpc) is 3.63. The zero-order chi connectivity index (χ0) is 25.1. The smallest absolute Gasteiger partial charge is 0.293 e. The molecular weight excluding hydrogens is 460 g/mol. The van der Waals surface area contributed by atoms with Crippen LogP contribution in [-0.2, 0) is 0 Å². The highest BCUT2D eigenvalue weighted by Crippen LogP contribution is 2.24. The Hall–Kier alpha value is -5.13. The van der Waals surface area contributed by atoms with Crippen LogP contribution in [0.1, 0.15) is 41.5 Å². The van der Waals surface area contributed by atoms with Crippen molar-refractivity contribution in [1.29, 1.82) is 0 Å². The number of nitrogen functional groups attached to an aromatic ring is 1. The Kier molecular flexibility index (Phi) is 6.05. The van der Waals surface area contributed by atoms with Gasteiger partial charge in [0, 0.05) is 17.3 Å². The van der Waals surface area contributed by atoms with E-state index >= 15 is 0 Å². The Morgan fingerprint density at radius 2 is 1.81 bits per heavy atom.